The second kappa shape index (κ2) is 9.94. The summed E-state index contributed by atoms with van der Waals surface area (Å²) in [7, 11) is 2.00. The standard InChI is InChI=1S/C19H30N2O.ClH/c1-4-16-5-7-18(8-6-16)15(2)19(22)21-13-10-17(11-14-21)9-12-20-3;/h5-8,15,17,20H,4,9-14H2,1-3H3;1H. The molecule has 0 saturated carbocycles. The fraction of sp³-hybridized carbons (Fsp3) is 0.632. The number of rotatable bonds is 6. The molecule has 1 saturated heterocycles. The first-order valence-corrected chi connectivity index (χ1v) is 8.68. The van der Waals surface area contributed by atoms with Gasteiger partial charge < -0.3 is 10.2 Å². The van der Waals surface area contributed by atoms with Crippen molar-refractivity contribution in [1.82, 2.24) is 10.2 Å². The molecule has 0 bridgehead atoms. The maximum atomic E-state index is 12.7. The largest absolute Gasteiger partial charge is 0.342 e. The Morgan fingerprint density at radius 1 is 1.26 bits per heavy atom. The van der Waals surface area contributed by atoms with Crippen LogP contribution in [-0.4, -0.2) is 37.5 Å². The van der Waals surface area contributed by atoms with E-state index >= 15 is 0 Å². The highest BCUT2D eigenvalue weighted by Gasteiger charge is 2.26. The molecule has 1 aromatic carbocycles. The molecule has 1 atom stereocenters. The fourth-order valence-corrected chi connectivity index (χ4v) is 3.25. The van der Waals surface area contributed by atoms with Gasteiger partial charge >= 0.3 is 0 Å². The number of benzene rings is 1. The maximum Gasteiger partial charge on any atom is 0.229 e. The van der Waals surface area contributed by atoms with Crippen LogP contribution in [0.2, 0.25) is 0 Å². The zero-order valence-corrected chi connectivity index (χ0v) is 15.5. The fourth-order valence-electron chi connectivity index (χ4n) is 3.25. The Bertz CT molecular complexity index is 467. The highest BCUT2D eigenvalue weighted by atomic mass is 35.5. The van der Waals surface area contributed by atoms with Gasteiger partial charge in [0.2, 0.25) is 5.91 Å². The molecule has 1 aliphatic rings. The van der Waals surface area contributed by atoms with Crippen molar-refractivity contribution in [3.63, 3.8) is 0 Å². The van der Waals surface area contributed by atoms with Crippen LogP contribution in [0.4, 0.5) is 0 Å². The molecule has 1 aliphatic heterocycles. The molecule has 1 unspecified atom stereocenters. The summed E-state index contributed by atoms with van der Waals surface area (Å²) >= 11 is 0. The van der Waals surface area contributed by atoms with Crippen molar-refractivity contribution in [2.24, 2.45) is 5.92 Å². The number of hydrogen-bond donors (Lipinski definition) is 1. The Balaban J connectivity index is 0.00000264. The number of hydrogen-bond acceptors (Lipinski definition) is 2. The summed E-state index contributed by atoms with van der Waals surface area (Å²) in [5.74, 6) is 1.03. The third kappa shape index (κ3) is 5.50. The normalized spacial score (nSPS) is 16.7. The number of aryl methyl sites for hydroxylation is 1. The zero-order valence-electron chi connectivity index (χ0n) is 14.7. The number of piperidine rings is 1. The van der Waals surface area contributed by atoms with Crippen LogP contribution in [0.25, 0.3) is 0 Å². The van der Waals surface area contributed by atoms with Gasteiger partial charge in [-0.1, -0.05) is 31.2 Å². The Hall–Kier alpha value is -1.06. The Morgan fingerprint density at radius 2 is 1.87 bits per heavy atom. The molecule has 4 heteroatoms. The first kappa shape index (κ1) is 20.0. The highest BCUT2D eigenvalue weighted by Crippen LogP contribution is 2.24. The predicted octanol–water partition coefficient (Wildman–Crippen LogP) is 3.62. The minimum atomic E-state index is -0.0280. The van der Waals surface area contributed by atoms with Gasteiger partial charge in [0, 0.05) is 13.1 Å². The average molecular weight is 339 g/mol. The SMILES string of the molecule is CCc1ccc(C(C)C(=O)N2CCC(CCNC)CC2)cc1.Cl. The molecule has 23 heavy (non-hydrogen) atoms. The van der Waals surface area contributed by atoms with E-state index in [1.165, 1.54) is 12.0 Å². The monoisotopic (exact) mass is 338 g/mol. The van der Waals surface area contributed by atoms with E-state index in [0.717, 1.165) is 50.4 Å². The third-order valence-corrected chi connectivity index (χ3v) is 4.99. The van der Waals surface area contributed by atoms with Crippen molar-refractivity contribution in [3.05, 3.63) is 35.4 Å². The quantitative estimate of drug-likeness (QED) is 0.859. The van der Waals surface area contributed by atoms with Gasteiger partial charge in [-0.05, 0) is 63.2 Å². The second-order valence-corrected chi connectivity index (χ2v) is 6.48. The van der Waals surface area contributed by atoms with E-state index in [1.54, 1.807) is 0 Å². The van der Waals surface area contributed by atoms with Gasteiger partial charge in [-0.15, -0.1) is 12.4 Å². The van der Waals surface area contributed by atoms with E-state index in [0.29, 0.717) is 0 Å². The molecule has 130 valence electrons. The van der Waals surface area contributed by atoms with Crippen molar-refractivity contribution in [2.75, 3.05) is 26.7 Å². The summed E-state index contributed by atoms with van der Waals surface area (Å²) in [5, 5.41) is 3.22. The number of amides is 1. The van der Waals surface area contributed by atoms with Gasteiger partial charge in [0.1, 0.15) is 0 Å². The van der Waals surface area contributed by atoms with E-state index in [4.69, 9.17) is 0 Å². The number of carbonyl (C=O) groups is 1. The lowest BCUT2D eigenvalue weighted by Crippen LogP contribution is -2.41. The van der Waals surface area contributed by atoms with E-state index in [1.807, 2.05) is 14.0 Å². The summed E-state index contributed by atoms with van der Waals surface area (Å²) in [6.45, 7) is 7.12. The van der Waals surface area contributed by atoms with E-state index in [9.17, 15) is 4.79 Å². The van der Waals surface area contributed by atoms with Crippen molar-refractivity contribution in [1.29, 1.82) is 0 Å². The zero-order chi connectivity index (χ0) is 15.9. The summed E-state index contributed by atoms with van der Waals surface area (Å²) in [5.41, 5.74) is 2.47. The minimum Gasteiger partial charge on any atom is -0.342 e. The first-order valence-electron chi connectivity index (χ1n) is 8.68. The van der Waals surface area contributed by atoms with Gasteiger partial charge in [0.25, 0.3) is 0 Å². The van der Waals surface area contributed by atoms with Gasteiger partial charge in [0.05, 0.1) is 5.92 Å². The smallest absolute Gasteiger partial charge is 0.229 e. The number of halogens is 1. The molecule has 0 radical (unpaired) electrons. The number of nitrogens with one attached hydrogen (secondary N) is 1. The number of likely N-dealkylation sites (tertiary alicyclic amines) is 1. The van der Waals surface area contributed by atoms with Gasteiger partial charge in [-0.25, -0.2) is 0 Å². The minimum absolute atomic E-state index is 0. The van der Waals surface area contributed by atoms with Crippen LogP contribution in [0, 0.1) is 5.92 Å². The molecular formula is C19H31ClN2O. The van der Waals surface area contributed by atoms with Gasteiger partial charge in [0.15, 0.2) is 0 Å². The van der Waals surface area contributed by atoms with E-state index in [-0.39, 0.29) is 24.2 Å². The molecule has 1 heterocycles. The van der Waals surface area contributed by atoms with Crippen molar-refractivity contribution < 1.29 is 4.79 Å². The van der Waals surface area contributed by atoms with Crippen LogP contribution < -0.4 is 5.32 Å². The second-order valence-electron chi connectivity index (χ2n) is 6.48. The van der Waals surface area contributed by atoms with E-state index < -0.39 is 0 Å². The van der Waals surface area contributed by atoms with Crippen LogP contribution in [0.1, 0.15) is 50.2 Å². The van der Waals surface area contributed by atoms with E-state index in [2.05, 4.69) is 41.4 Å². The molecule has 1 N–H and O–H groups in total. The third-order valence-electron chi connectivity index (χ3n) is 4.99. The van der Waals surface area contributed by atoms with Crippen molar-refractivity contribution in [3.8, 4) is 0 Å². The molecule has 1 fully saturated rings. The molecule has 0 aliphatic carbocycles. The summed E-state index contributed by atoms with van der Waals surface area (Å²) < 4.78 is 0. The topological polar surface area (TPSA) is 32.3 Å². The van der Waals surface area contributed by atoms with Crippen LogP contribution in [0.5, 0.6) is 0 Å². The van der Waals surface area contributed by atoms with Crippen LogP contribution in [0.3, 0.4) is 0 Å². The molecule has 3 nitrogen and oxygen atoms in total. The van der Waals surface area contributed by atoms with Crippen LogP contribution >= 0.6 is 12.4 Å². The Morgan fingerprint density at radius 3 is 2.39 bits per heavy atom. The molecule has 1 amide bonds. The predicted molar refractivity (Wildman–Crippen MR) is 99.3 cm³/mol. The number of nitrogens with zero attached hydrogens (tertiary/aromatic N) is 1. The molecular weight excluding hydrogens is 308 g/mol. The first-order chi connectivity index (χ1) is 10.7. The maximum absolute atomic E-state index is 12.7. The lowest BCUT2D eigenvalue weighted by atomic mass is 9.91. The van der Waals surface area contributed by atoms with Crippen LogP contribution in [-0.2, 0) is 11.2 Å². The van der Waals surface area contributed by atoms with Crippen LogP contribution in [0.15, 0.2) is 24.3 Å². The van der Waals surface area contributed by atoms with Gasteiger partial charge in [-0.2, -0.15) is 0 Å². The average Bonchev–Trinajstić information content (AvgIpc) is 2.59. The highest BCUT2D eigenvalue weighted by molar-refractivity contribution is 5.85. The Kier molecular flexibility index (Phi) is 8.64. The number of carbonyl (C=O) groups excluding carboxylic acids is 1. The summed E-state index contributed by atoms with van der Waals surface area (Å²) in [6, 6.07) is 8.51. The van der Waals surface area contributed by atoms with Gasteiger partial charge in [-0.3, -0.25) is 4.79 Å². The Labute approximate surface area is 147 Å². The molecule has 0 spiro atoms. The summed E-state index contributed by atoms with van der Waals surface area (Å²) in [6.07, 6.45) is 4.57. The van der Waals surface area contributed by atoms with Crippen molar-refractivity contribution in [2.45, 2.75) is 45.4 Å². The van der Waals surface area contributed by atoms with Crippen molar-refractivity contribution >= 4 is 18.3 Å². The summed E-state index contributed by atoms with van der Waals surface area (Å²) in [4.78, 5) is 14.8. The lowest BCUT2D eigenvalue weighted by Gasteiger charge is -2.33. The molecule has 2 rings (SSSR count). The molecule has 0 aromatic heterocycles. The lowest BCUT2D eigenvalue weighted by molar-refractivity contribution is -0.133. The molecule has 1 aromatic rings.